The van der Waals surface area contributed by atoms with E-state index >= 15 is 0 Å². The van der Waals surface area contributed by atoms with Gasteiger partial charge in [0, 0.05) is 6.42 Å². The highest BCUT2D eigenvalue weighted by molar-refractivity contribution is 6.65. The van der Waals surface area contributed by atoms with Crippen LogP contribution in [-0.2, 0) is 14.3 Å². The van der Waals surface area contributed by atoms with Crippen LogP contribution in [0.25, 0.3) is 0 Å². The minimum Gasteiger partial charge on any atom is -0.483 e. The van der Waals surface area contributed by atoms with Gasteiger partial charge in [0.2, 0.25) is 0 Å². The van der Waals surface area contributed by atoms with E-state index < -0.39 is 32.2 Å². The molecule has 7 heteroatoms. The maximum atomic E-state index is 12.8. The average Bonchev–Trinajstić information content (AvgIpc) is 2.83. The van der Waals surface area contributed by atoms with Gasteiger partial charge in [-0.3, -0.25) is 9.59 Å². The number of rotatable bonds is 9. The number of benzene rings is 3. The van der Waals surface area contributed by atoms with Gasteiger partial charge >= 0.3 is 20.7 Å². The summed E-state index contributed by atoms with van der Waals surface area (Å²) in [5.74, 6) is 0.0879. The summed E-state index contributed by atoms with van der Waals surface area (Å²) in [6.45, 7) is 1.97. The van der Waals surface area contributed by atoms with E-state index in [9.17, 15) is 9.59 Å². The second-order valence-electron chi connectivity index (χ2n) is 7.80. The highest BCUT2D eigenvalue weighted by Gasteiger charge is 2.61. The van der Waals surface area contributed by atoms with Crippen molar-refractivity contribution in [1.82, 2.24) is 0 Å². The van der Waals surface area contributed by atoms with Gasteiger partial charge in [-0.05, 0) is 49.2 Å². The van der Waals surface area contributed by atoms with Crippen LogP contribution in [0.2, 0.25) is 5.54 Å². The quantitative estimate of drug-likeness (QED) is 0.240. The molecule has 0 spiro atoms. The van der Waals surface area contributed by atoms with Crippen molar-refractivity contribution in [2.24, 2.45) is 5.92 Å². The molecule has 4 rings (SSSR count). The molecule has 2 unspecified atom stereocenters. The Morgan fingerprint density at radius 1 is 0.788 bits per heavy atom. The smallest absolute Gasteiger partial charge is 0.483 e. The fourth-order valence-corrected chi connectivity index (χ4v) is 7.29. The van der Waals surface area contributed by atoms with E-state index in [1.165, 1.54) is 0 Å². The van der Waals surface area contributed by atoms with Crippen molar-refractivity contribution in [1.29, 1.82) is 0 Å². The normalized spacial score (nSPS) is 17.1. The number of ether oxygens (including phenoxy) is 1. The van der Waals surface area contributed by atoms with Gasteiger partial charge in [0.25, 0.3) is 0 Å². The fourth-order valence-electron chi connectivity index (χ4n) is 4.02. The maximum Gasteiger partial charge on any atom is 0.703 e. The van der Waals surface area contributed by atoms with Crippen molar-refractivity contribution in [2.45, 2.75) is 31.7 Å². The third kappa shape index (κ3) is 5.43. The van der Waals surface area contributed by atoms with Gasteiger partial charge in [0.15, 0.2) is 0 Å². The number of carbonyl (C=O) groups excluding carboxylic acids is 2. The molecule has 1 fully saturated rings. The van der Waals surface area contributed by atoms with Crippen LogP contribution in [0.1, 0.15) is 26.2 Å². The first-order valence-electron chi connectivity index (χ1n) is 11.1. The zero-order valence-electron chi connectivity index (χ0n) is 18.4. The number of esters is 2. The topological polar surface area (TPSA) is 71.1 Å². The van der Waals surface area contributed by atoms with Gasteiger partial charge in [0.1, 0.15) is 17.2 Å². The Morgan fingerprint density at radius 3 is 1.58 bits per heavy atom. The van der Waals surface area contributed by atoms with E-state index in [-0.39, 0.29) is 6.42 Å². The number of cyclic esters (lactones) is 2. The molecule has 33 heavy (non-hydrogen) atoms. The first kappa shape index (κ1) is 22.6. The highest BCUT2D eigenvalue weighted by Crippen LogP contribution is 2.41. The predicted molar refractivity (Wildman–Crippen MR) is 125 cm³/mol. The molecule has 1 aliphatic heterocycles. The predicted octanol–water partition coefficient (Wildman–Crippen LogP) is 5.42. The third-order valence-corrected chi connectivity index (χ3v) is 8.85. The molecule has 0 aromatic heterocycles. The van der Waals surface area contributed by atoms with Gasteiger partial charge in [-0.2, -0.15) is 0 Å². The molecule has 3 aromatic carbocycles. The lowest BCUT2D eigenvalue weighted by Gasteiger charge is -2.38. The Labute approximate surface area is 194 Å². The van der Waals surface area contributed by atoms with Gasteiger partial charge in [-0.15, -0.1) is 0 Å². The molecule has 1 heterocycles. The van der Waals surface area contributed by atoms with E-state index in [4.69, 9.17) is 18.0 Å². The monoisotopic (exact) mass is 462 g/mol. The van der Waals surface area contributed by atoms with E-state index in [0.29, 0.717) is 30.1 Å². The second-order valence-corrected chi connectivity index (χ2v) is 10.4. The lowest BCUT2D eigenvalue weighted by Crippen LogP contribution is -2.61. The van der Waals surface area contributed by atoms with Gasteiger partial charge in [-0.25, -0.2) is 0 Å². The number of hydrogen-bond donors (Lipinski definition) is 0. The summed E-state index contributed by atoms with van der Waals surface area (Å²) in [6.07, 6.45) is 1.06. The molecule has 1 saturated heterocycles. The lowest BCUT2D eigenvalue weighted by atomic mass is 9.95. The largest absolute Gasteiger partial charge is 0.703 e. The van der Waals surface area contributed by atoms with Crippen LogP contribution in [0.15, 0.2) is 91.0 Å². The van der Waals surface area contributed by atoms with Gasteiger partial charge in [-0.1, -0.05) is 61.5 Å². The van der Waals surface area contributed by atoms with Crippen molar-refractivity contribution in [3.05, 3.63) is 91.0 Å². The lowest BCUT2D eigenvalue weighted by molar-refractivity contribution is -0.167. The summed E-state index contributed by atoms with van der Waals surface area (Å²) in [7, 11) is -3.71. The Balaban J connectivity index is 1.82. The maximum absolute atomic E-state index is 12.8. The number of hydrogen-bond acceptors (Lipinski definition) is 6. The summed E-state index contributed by atoms with van der Waals surface area (Å²) in [5, 5.41) is 0. The van der Waals surface area contributed by atoms with E-state index in [0.717, 1.165) is 0 Å². The molecule has 0 radical (unpaired) electrons. The van der Waals surface area contributed by atoms with Crippen LogP contribution in [-0.4, -0.2) is 20.7 Å². The van der Waals surface area contributed by atoms with E-state index in [1.807, 2.05) is 97.9 Å². The van der Waals surface area contributed by atoms with Crippen molar-refractivity contribution in [2.75, 3.05) is 0 Å². The van der Waals surface area contributed by atoms with Gasteiger partial charge < -0.3 is 18.0 Å². The van der Waals surface area contributed by atoms with Crippen LogP contribution in [0.4, 0.5) is 0 Å². The summed E-state index contributed by atoms with van der Waals surface area (Å²) in [6, 6.07) is 27.9. The summed E-state index contributed by atoms with van der Waals surface area (Å²) < 4.78 is 24.8. The van der Waals surface area contributed by atoms with E-state index in [1.54, 1.807) is 0 Å². The first-order valence-corrected chi connectivity index (χ1v) is 12.9. The van der Waals surface area contributed by atoms with Crippen molar-refractivity contribution in [3.8, 4) is 17.2 Å². The molecular weight excluding hydrogens is 436 g/mol. The SMILES string of the molecule is CCC(C1CCC(=O)OC1=O)[Si](Oc1ccccc1)(Oc1ccccc1)Oc1ccccc1. The zero-order chi connectivity index (χ0) is 23.1. The van der Waals surface area contributed by atoms with Crippen LogP contribution in [0, 0.1) is 5.92 Å². The molecule has 170 valence electrons. The molecule has 1 aliphatic rings. The third-order valence-electron chi connectivity index (χ3n) is 5.57. The standard InChI is InChI=1S/C26H26O6Si/c1-2-24(23-18-19-25(27)29-26(23)28)33(30-20-12-6-3-7-13-20,31-21-14-8-4-9-15-21)32-22-16-10-5-11-17-22/h3-17,23-24H,2,18-19H2,1H3. The summed E-state index contributed by atoms with van der Waals surface area (Å²) >= 11 is 0. The summed E-state index contributed by atoms with van der Waals surface area (Å²) in [4.78, 5) is 24.5. The number of carbonyl (C=O) groups is 2. The molecule has 0 aliphatic carbocycles. The molecule has 6 nitrogen and oxygen atoms in total. The Hall–Kier alpha value is -3.58. The van der Waals surface area contributed by atoms with Crippen molar-refractivity contribution in [3.63, 3.8) is 0 Å². The van der Waals surface area contributed by atoms with Crippen molar-refractivity contribution >= 4 is 20.7 Å². The van der Waals surface area contributed by atoms with Crippen LogP contribution >= 0.6 is 0 Å². The van der Waals surface area contributed by atoms with Crippen LogP contribution in [0.3, 0.4) is 0 Å². The van der Waals surface area contributed by atoms with Crippen molar-refractivity contribution < 1.29 is 27.6 Å². The minimum absolute atomic E-state index is 0.166. The first-order chi connectivity index (χ1) is 16.1. The molecule has 0 amide bonds. The number of para-hydroxylation sites is 3. The van der Waals surface area contributed by atoms with Gasteiger partial charge in [0.05, 0.1) is 11.5 Å². The van der Waals surface area contributed by atoms with E-state index in [2.05, 4.69) is 0 Å². The molecular formula is C26H26O6Si. The molecule has 0 saturated carbocycles. The molecule has 3 aromatic rings. The molecule has 0 bridgehead atoms. The highest BCUT2D eigenvalue weighted by atomic mass is 28.4. The minimum atomic E-state index is -3.71. The average molecular weight is 463 g/mol. The second kappa shape index (κ2) is 10.4. The Morgan fingerprint density at radius 2 is 1.21 bits per heavy atom. The Kier molecular flexibility index (Phi) is 7.09. The zero-order valence-corrected chi connectivity index (χ0v) is 19.4. The molecule has 0 N–H and O–H groups in total. The molecule has 2 atom stereocenters. The summed E-state index contributed by atoms with van der Waals surface area (Å²) in [5.41, 5.74) is -0.446. The fraction of sp³-hybridized carbons (Fsp3) is 0.231. The van der Waals surface area contributed by atoms with Crippen LogP contribution < -0.4 is 13.3 Å². The van der Waals surface area contributed by atoms with Crippen LogP contribution in [0.5, 0.6) is 17.2 Å². The Bertz CT molecular complexity index is 956.